The number of aromatic nitrogens is 2. The Morgan fingerprint density at radius 1 is 1.08 bits per heavy atom. The Kier molecular flexibility index (Phi) is 4.64. The van der Waals surface area contributed by atoms with E-state index in [1.165, 1.54) is 0 Å². The van der Waals surface area contributed by atoms with Gasteiger partial charge in [0.05, 0.1) is 13.2 Å². The molecule has 0 saturated carbocycles. The zero-order chi connectivity index (χ0) is 17.8. The molecule has 1 aliphatic heterocycles. The third kappa shape index (κ3) is 3.59. The van der Waals surface area contributed by atoms with E-state index in [9.17, 15) is 4.79 Å². The molecular formula is C20H19N3O3. The quantitative estimate of drug-likeness (QED) is 0.783. The van der Waals surface area contributed by atoms with Crippen molar-refractivity contribution in [3.63, 3.8) is 0 Å². The number of amides is 1. The molecule has 4 rings (SSSR count). The number of rotatable bonds is 4. The Bertz CT molecular complexity index is 892. The lowest BCUT2D eigenvalue weighted by molar-refractivity contribution is -0.125. The highest BCUT2D eigenvalue weighted by Gasteiger charge is 2.24. The summed E-state index contributed by atoms with van der Waals surface area (Å²) in [6, 6.07) is 17.4. The van der Waals surface area contributed by atoms with Gasteiger partial charge in [0.25, 0.3) is 0 Å². The van der Waals surface area contributed by atoms with Crippen LogP contribution < -0.4 is 10.1 Å². The van der Waals surface area contributed by atoms with Crippen LogP contribution in [0.5, 0.6) is 5.75 Å². The minimum absolute atomic E-state index is 0.0234. The molecule has 0 fully saturated rings. The highest BCUT2D eigenvalue weighted by molar-refractivity contribution is 5.79. The predicted molar refractivity (Wildman–Crippen MR) is 95.3 cm³/mol. The van der Waals surface area contributed by atoms with Crippen LogP contribution in [0, 0.1) is 5.92 Å². The Hall–Kier alpha value is -3.15. The number of fused-ring (bicyclic) bond motifs is 1. The molecule has 0 saturated heterocycles. The number of nitrogens with zero attached hydrogens (tertiary/aromatic N) is 2. The van der Waals surface area contributed by atoms with Crippen molar-refractivity contribution in [2.75, 3.05) is 6.61 Å². The van der Waals surface area contributed by atoms with E-state index in [1.54, 1.807) is 0 Å². The molecule has 0 aliphatic carbocycles. The van der Waals surface area contributed by atoms with Crippen molar-refractivity contribution >= 4 is 5.91 Å². The van der Waals surface area contributed by atoms with E-state index in [0.717, 1.165) is 16.9 Å². The molecular weight excluding hydrogens is 330 g/mol. The lowest BCUT2D eigenvalue weighted by Gasteiger charge is -2.12. The maximum atomic E-state index is 12.6. The number of benzene rings is 2. The standard InChI is InChI=1S/C20H19N3O3/c24-19(16-10-11-25-17-9-5-4-8-15(17)12-16)21-13-18-22-23-20(26-18)14-6-2-1-3-7-14/h1-9,16H,10-13H2,(H,21,24)/t16-/m0/s1. The third-order valence-electron chi connectivity index (χ3n) is 4.44. The second-order valence-electron chi connectivity index (χ2n) is 6.23. The van der Waals surface area contributed by atoms with Crippen LogP contribution in [0.2, 0.25) is 0 Å². The number of nitrogens with one attached hydrogen (secondary N) is 1. The molecule has 0 radical (unpaired) electrons. The van der Waals surface area contributed by atoms with Crippen molar-refractivity contribution in [2.45, 2.75) is 19.4 Å². The molecule has 1 atom stereocenters. The van der Waals surface area contributed by atoms with Crippen LogP contribution in [0.3, 0.4) is 0 Å². The Morgan fingerprint density at radius 3 is 2.77 bits per heavy atom. The molecule has 1 N–H and O–H groups in total. The van der Waals surface area contributed by atoms with Crippen LogP contribution in [0.25, 0.3) is 11.5 Å². The topological polar surface area (TPSA) is 77.3 Å². The average Bonchev–Trinajstić information content (AvgIpc) is 3.05. The fourth-order valence-electron chi connectivity index (χ4n) is 3.05. The van der Waals surface area contributed by atoms with Gasteiger partial charge in [0, 0.05) is 11.5 Å². The molecule has 0 bridgehead atoms. The molecule has 3 aromatic rings. The van der Waals surface area contributed by atoms with Gasteiger partial charge in [-0.25, -0.2) is 0 Å². The lowest BCUT2D eigenvalue weighted by Crippen LogP contribution is -2.31. The zero-order valence-electron chi connectivity index (χ0n) is 14.2. The van der Waals surface area contributed by atoms with Gasteiger partial charge in [-0.05, 0) is 36.6 Å². The number of hydrogen-bond acceptors (Lipinski definition) is 5. The summed E-state index contributed by atoms with van der Waals surface area (Å²) >= 11 is 0. The van der Waals surface area contributed by atoms with Gasteiger partial charge in [0.15, 0.2) is 0 Å². The molecule has 0 spiro atoms. The van der Waals surface area contributed by atoms with E-state index in [-0.39, 0.29) is 18.4 Å². The van der Waals surface area contributed by atoms with Crippen LogP contribution in [0.4, 0.5) is 0 Å². The first kappa shape index (κ1) is 16.3. The summed E-state index contributed by atoms with van der Waals surface area (Å²) in [5.41, 5.74) is 1.92. The summed E-state index contributed by atoms with van der Waals surface area (Å²) in [7, 11) is 0. The summed E-state index contributed by atoms with van der Waals surface area (Å²) in [4.78, 5) is 12.6. The molecule has 6 heteroatoms. The number of ether oxygens (including phenoxy) is 1. The number of hydrogen-bond donors (Lipinski definition) is 1. The van der Waals surface area contributed by atoms with Crippen LogP contribution in [-0.4, -0.2) is 22.7 Å². The van der Waals surface area contributed by atoms with Crippen LogP contribution in [0.1, 0.15) is 17.9 Å². The van der Waals surface area contributed by atoms with Crippen molar-refractivity contribution in [3.05, 3.63) is 66.1 Å². The fraction of sp³-hybridized carbons (Fsp3) is 0.250. The summed E-state index contributed by atoms with van der Waals surface area (Å²) in [6.45, 7) is 0.755. The zero-order valence-corrected chi connectivity index (χ0v) is 14.2. The average molecular weight is 349 g/mol. The van der Waals surface area contributed by atoms with Crippen molar-refractivity contribution in [3.8, 4) is 17.2 Å². The Balaban J connectivity index is 1.38. The van der Waals surface area contributed by atoms with Crippen molar-refractivity contribution < 1.29 is 13.9 Å². The molecule has 0 unspecified atom stereocenters. The monoisotopic (exact) mass is 349 g/mol. The molecule has 6 nitrogen and oxygen atoms in total. The van der Waals surface area contributed by atoms with Crippen molar-refractivity contribution in [1.29, 1.82) is 0 Å². The van der Waals surface area contributed by atoms with E-state index < -0.39 is 0 Å². The second-order valence-corrected chi connectivity index (χ2v) is 6.23. The van der Waals surface area contributed by atoms with E-state index >= 15 is 0 Å². The summed E-state index contributed by atoms with van der Waals surface area (Å²) in [5.74, 6) is 1.56. The lowest BCUT2D eigenvalue weighted by atomic mass is 9.96. The van der Waals surface area contributed by atoms with Gasteiger partial charge < -0.3 is 14.5 Å². The van der Waals surface area contributed by atoms with Gasteiger partial charge in [-0.3, -0.25) is 4.79 Å². The molecule has 1 aliphatic rings. The maximum absolute atomic E-state index is 12.6. The summed E-state index contributed by atoms with van der Waals surface area (Å²) in [6.07, 6.45) is 1.35. The smallest absolute Gasteiger partial charge is 0.247 e. The first-order chi connectivity index (χ1) is 12.8. The normalized spacial score (nSPS) is 16.2. The van der Waals surface area contributed by atoms with Gasteiger partial charge in [0.1, 0.15) is 5.75 Å². The first-order valence-electron chi connectivity index (χ1n) is 8.66. The highest BCUT2D eigenvalue weighted by atomic mass is 16.5. The molecule has 2 heterocycles. The van der Waals surface area contributed by atoms with Gasteiger partial charge in [-0.2, -0.15) is 0 Å². The van der Waals surface area contributed by atoms with Gasteiger partial charge in [0.2, 0.25) is 17.7 Å². The summed E-state index contributed by atoms with van der Waals surface area (Å²) < 4.78 is 11.3. The molecule has 1 aromatic heterocycles. The number of carbonyl (C=O) groups is 1. The van der Waals surface area contributed by atoms with Crippen molar-refractivity contribution in [1.82, 2.24) is 15.5 Å². The van der Waals surface area contributed by atoms with Crippen molar-refractivity contribution in [2.24, 2.45) is 5.92 Å². The Morgan fingerprint density at radius 2 is 1.88 bits per heavy atom. The highest BCUT2D eigenvalue weighted by Crippen LogP contribution is 2.26. The maximum Gasteiger partial charge on any atom is 0.247 e. The van der Waals surface area contributed by atoms with Crippen LogP contribution in [-0.2, 0) is 17.8 Å². The predicted octanol–water partition coefficient (Wildman–Crippen LogP) is 2.99. The summed E-state index contributed by atoms with van der Waals surface area (Å²) in [5, 5.41) is 10.9. The number of carbonyl (C=O) groups excluding carboxylic acids is 1. The number of para-hydroxylation sites is 1. The van der Waals surface area contributed by atoms with Gasteiger partial charge in [-0.1, -0.05) is 36.4 Å². The van der Waals surface area contributed by atoms with E-state index in [1.807, 2.05) is 54.6 Å². The minimum Gasteiger partial charge on any atom is -0.493 e. The third-order valence-corrected chi connectivity index (χ3v) is 4.44. The SMILES string of the molecule is O=C(NCc1nnc(-c2ccccc2)o1)[C@H]1CCOc2ccccc2C1. The van der Waals surface area contributed by atoms with Crippen LogP contribution >= 0.6 is 0 Å². The largest absolute Gasteiger partial charge is 0.493 e. The fourth-order valence-corrected chi connectivity index (χ4v) is 3.05. The molecule has 1 amide bonds. The van der Waals surface area contributed by atoms with Gasteiger partial charge >= 0.3 is 0 Å². The van der Waals surface area contributed by atoms with E-state index in [4.69, 9.17) is 9.15 Å². The first-order valence-corrected chi connectivity index (χ1v) is 8.66. The Labute approximate surface area is 151 Å². The van der Waals surface area contributed by atoms with E-state index in [2.05, 4.69) is 15.5 Å². The molecule has 132 valence electrons. The minimum atomic E-state index is -0.129. The molecule has 2 aromatic carbocycles. The van der Waals surface area contributed by atoms with E-state index in [0.29, 0.717) is 31.2 Å². The molecule has 26 heavy (non-hydrogen) atoms. The second kappa shape index (κ2) is 7.39. The van der Waals surface area contributed by atoms with Crippen LogP contribution in [0.15, 0.2) is 59.0 Å². The van der Waals surface area contributed by atoms with Gasteiger partial charge in [-0.15, -0.1) is 10.2 Å².